The quantitative estimate of drug-likeness (QED) is 0.380. The molecular weight excluding hydrogens is 389 g/mol. The highest BCUT2D eigenvalue weighted by molar-refractivity contribution is 6.31. The number of hydrogen-bond acceptors (Lipinski definition) is 4. The van der Waals surface area contributed by atoms with Crippen molar-refractivity contribution in [1.29, 1.82) is 0 Å². The molecule has 1 heterocycles. The number of amidine groups is 2. The molecular formula is C22H23ClFN5. The van der Waals surface area contributed by atoms with Gasteiger partial charge < -0.3 is 16.8 Å². The summed E-state index contributed by atoms with van der Waals surface area (Å²) in [5.41, 5.74) is 15.5. The zero-order chi connectivity index (χ0) is 20.4. The topological polar surface area (TPSA) is 88.8 Å². The molecule has 0 aromatic heterocycles. The second-order valence-corrected chi connectivity index (χ2v) is 7.64. The summed E-state index contributed by atoms with van der Waals surface area (Å²) in [6.45, 7) is 0. The summed E-state index contributed by atoms with van der Waals surface area (Å²) >= 11 is 6.41. The van der Waals surface area contributed by atoms with E-state index in [4.69, 9.17) is 28.1 Å². The fourth-order valence-corrected chi connectivity index (χ4v) is 4.00. The highest BCUT2D eigenvalue weighted by Crippen LogP contribution is 2.33. The van der Waals surface area contributed by atoms with E-state index in [1.807, 2.05) is 24.3 Å². The normalized spacial score (nSPS) is 19.9. The second-order valence-electron chi connectivity index (χ2n) is 7.24. The minimum atomic E-state index is -0.517. The SMILES string of the molecule is NC(=NC1=NC(c2ccccc2Cl)NC2=C1CCCCC2)c1cccc(F)c1N. The van der Waals surface area contributed by atoms with Crippen LogP contribution in [-0.4, -0.2) is 11.7 Å². The molecule has 0 amide bonds. The van der Waals surface area contributed by atoms with Gasteiger partial charge in [-0.05, 0) is 43.9 Å². The van der Waals surface area contributed by atoms with Crippen molar-refractivity contribution in [2.75, 3.05) is 5.73 Å². The number of hydrogen-bond donors (Lipinski definition) is 3. The molecule has 0 fully saturated rings. The average Bonchev–Trinajstić information content (AvgIpc) is 2.96. The average molecular weight is 412 g/mol. The maximum absolute atomic E-state index is 13.9. The van der Waals surface area contributed by atoms with E-state index in [0.29, 0.717) is 16.4 Å². The van der Waals surface area contributed by atoms with Gasteiger partial charge in [-0.2, -0.15) is 0 Å². The molecule has 0 saturated heterocycles. The summed E-state index contributed by atoms with van der Waals surface area (Å²) in [7, 11) is 0. The number of nitrogens with zero attached hydrogens (tertiary/aromatic N) is 2. The van der Waals surface area contributed by atoms with Crippen molar-refractivity contribution in [3.05, 3.63) is 75.7 Å². The molecule has 1 unspecified atom stereocenters. The van der Waals surface area contributed by atoms with Crippen LogP contribution in [0.3, 0.4) is 0 Å². The molecule has 1 atom stereocenters. The lowest BCUT2D eigenvalue weighted by atomic mass is 10.0. The Morgan fingerprint density at radius 3 is 2.72 bits per heavy atom. The lowest BCUT2D eigenvalue weighted by Crippen LogP contribution is -2.29. The monoisotopic (exact) mass is 411 g/mol. The summed E-state index contributed by atoms with van der Waals surface area (Å²) in [4.78, 5) is 9.41. The van der Waals surface area contributed by atoms with Crippen LogP contribution in [0.2, 0.25) is 5.02 Å². The largest absolute Gasteiger partial charge is 0.396 e. The number of nitrogens with one attached hydrogen (secondary N) is 1. The number of allylic oxidation sites excluding steroid dienone is 1. The molecule has 0 spiro atoms. The van der Waals surface area contributed by atoms with Crippen molar-refractivity contribution in [2.24, 2.45) is 15.7 Å². The number of nitrogens with two attached hydrogens (primary N) is 2. The Morgan fingerprint density at radius 1 is 1.10 bits per heavy atom. The summed E-state index contributed by atoms with van der Waals surface area (Å²) in [6, 6.07) is 12.1. The third-order valence-electron chi connectivity index (χ3n) is 5.31. The van der Waals surface area contributed by atoms with Gasteiger partial charge in [0.05, 0.1) is 5.69 Å². The molecule has 1 aliphatic heterocycles. The van der Waals surface area contributed by atoms with Crippen LogP contribution in [0.5, 0.6) is 0 Å². The number of rotatable bonds is 2. The molecule has 0 saturated carbocycles. The zero-order valence-electron chi connectivity index (χ0n) is 16.0. The fourth-order valence-electron chi connectivity index (χ4n) is 3.76. The fraction of sp³-hybridized carbons (Fsp3) is 0.273. The number of para-hydroxylation sites is 1. The Bertz CT molecular complexity index is 1030. The van der Waals surface area contributed by atoms with Crippen LogP contribution >= 0.6 is 11.6 Å². The number of anilines is 1. The van der Waals surface area contributed by atoms with Crippen molar-refractivity contribution in [2.45, 2.75) is 38.3 Å². The Hall–Kier alpha value is -2.86. The van der Waals surface area contributed by atoms with E-state index in [1.54, 1.807) is 12.1 Å². The molecule has 2 aliphatic rings. The molecule has 5 nitrogen and oxygen atoms in total. The van der Waals surface area contributed by atoms with E-state index in [1.165, 1.54) is 6.07 Å². The van der Waals surface area contributed by atoms with Crippen molar-refractivity contribution >= 4 is 29.0 Å². The number of nitrogen functional groups attached to an aromatic ring is 1. The van der Waals surface area contributed by atoms with Gasteiger partial charge in [0.15, 0.2) is 5.84 Å². The molecule has 1 aliphatic carbocycles. The van der Waals surface area contributed by atoms with Crippen LogP contribution in [0.25, 0.3) is 0 Å². The van der Waals surface area contributed by atoms with Gasteiger partial charge in [0.25, 0.3) is 0 Å². The van der Waals surface area contributed by atoms with Crippen molar-refractivity contribution in [3.63, 3.8) is 0 Å². The second kappa shape index (κ2) is 8.25. The third kappa shape index (κ3) is 3.98. The van der Waals surface area contributed by atoms with Crippen LogP contribution in [0.4, 0.5) is 10.1 Å². The lowest BCUT2D eigenvalue weighted by Gasteiger charge is -2.27. The predicted octanol–water partition coefficient (Wildman–Crippen LogP) is 4.69. The highest BCUT2D eigenvalue weighted by atomic mass is 35.5. The van der Waals surface area contributed by atoms with Crippen molar-refractivity contribution < 1.29 is 4.39 Å². The number of halogens is 2. The molecule has 0 radical (unpaired) electrons. The van der Waals surface area contributed by atoms with E-state index >= 15 is 0 Å². The summed E-state index contributed by atoms with van der Waals surface area (Å²) in [6.07, 6.45) is 4.75. The van der Waals surface area contributed by atoms with Gasteiger partial charge in [0, 0.05) is 27.4 Å². The summed E-state index contributed by atoms with van der Waals surface area (Å²) in [5.74, 6) is 0.194. The molecule has 2 aromatic rings. The minimum Gasteiger partial charge on any atom is -0.396 e. The van der Waals surface area contributed by atoms with E-state index in [9.17, 15) is 4.39 Å². The van der Waals surface area contributed by atoms with Gasteiger partial charge in [0.2, 0.25) is 0 Å². The first-order valence-corrected chi connectivity index (χ1v) is 10.1. The highest BCUT2D eigenvalue weighted by Gasteiger charge is 2.26. The van der Waals surface area contributed by atoms with Gasteiger partial charge in [-0.15, -0.1) is 0 Å². The standard InChI is InChI=1S/C22H23ClFN5/c23-16-10-5-4-7-13(16)21-27-18-12-3-1-2-8-14(18)22(29-21)28-20(26)15-9-6-11-17(24)19(15)25/h4-7,9-11,21,27H,1-3,8,12,25H2,(H2,26,28,29). The van der Waals surface area contributed by atoms with Crippen LogP contribution in [0.1, 0.15) is 49.4 Å². The van der Waals surface area contributed by atoms with Crippen LogP contribution < -0.4 is 16.8 Å². The third-order valence-corrected chi connectivity index (χ3v) is 5.65. The Morgan fingerprint density at radius 2 is 1.90 bits per heavy atom. The Kier molecular flexibility index (Phi) is 5.53. The maximum Gasteiger partial charge on any atom is 0.157 e. The molecule has 7 heteroatoms. The van der Waals surface area contributed by atoms with Gasteiger partial charge in [-0.25, -0.2) is 14.4 Å². The van der Waals surface area contributed by atoms with Gasteiger partial charge in [0.1, 0.15) is 17.8 Å². The maximum atomic E-state index is 13.9. The molecule has 150 valence electrons. The van der Waals surface area contributed by atoms with E-state index in [2.05, 4.69) is 10.3 Å². The smallest absolute Gasteiger partial charge is 0.157 e. The van der Waals surface area contributed by atoms with Crippen molar-refractivity contribution in [1.82, 2.24) is 5.32 Å². The molecule has 2 aromatic carbocycles. The molecule has 5 N–H and O–H groups in total. The van der Waals surface area contributed by atoms with Crippen LogP contribution in [0.15, 0.2) is 63.7 Å². The first-order valence-electron chi connectivity index (χ1n) is 9.74. The predicted molar refractivity (Wildman–Crippen MR) is 116 cm³/mol. The Balaban J connectivity index is 1.79. The number of aliphatic imine (C=N–C) groups is 2. The number of benzene rings is 2. The van der Waals surface area contributed by atoms with E-state index in [-0.39, 0.29) is 17.7 Å². The Labute approximate surface area is 174 Å². The van der Waals surface area contributed by atoms with Gasteiger partial charge in [-0.1, -0.05) is 42.3 Å². The minimum absolute atomic E-state index is 0.0130. The van der Waals surface area contributed by atoms with Crippen LogP contribution in [0, 0.1) is 5.82 Å². The summed E-state index contributed by atoms with van der Waals surface area (Å²) < 4.78 is 13.9. The zero-order valence-corrected chi connectivity index (χ0v) is 16.7. The van der Waals surface area contributed by atoms with Crippen LogP contribution in [-0.2, 0) is 0 Å². The van der Waals surface area contributed by atoms with Crippen molar-refractivity contribution in [3.8, 4) is 0 Å². The van der Waals surface area contributed by atoms with Gasteiger partial charge >= 0.3 is 0 Å². The summed E-state index contributed by atoms with van der Waals surface area (Å²) in [5, 5.41) is 4.17. The molecule has 29 heavy (non-hydrogen) atoms. The molecule has 4 rings (SSSR count). The van der Waals surface area contributed by atoms with E-state index in [0.717, 1.165) is 48.9 Å². The van der Waals surface area contributed by atoms with E-state index < -0.39 is 5.82 Å². The lowest BCUT2D eigenvalue weighted by molar-refractivity contribution is 0.584. The first kappa shape index (κ1) is 19.5. The van der Waals surface area contributed by atoms with Gasteiger partial charge in [-0.3, -0.25) is 0 Å². The molecule has 0 bridgehead atoms. The first-order chi connectivity index (χ1) is 14.0.